The predicted octanol–water partition coefficient (Wildman–Crippen LogP) is 3.79. The van der Waals surface area contributed by atoms with Gasteiger partial charge in [-0.25, -0.2) is 0 Å². The average Bonchev–Trinajstić information content (AvgIpc) is 2.35. The Bertz CT molecular complexity index is 379. The van der Waals surface area contributed by atoms with Crippen molar-refractivity contribution >= 4 is 11.9 Å². The van der Waals surface area contributed by atoms with E-state index in [1.165, 1.54) is 0 Å². The molecule has 0 aliphatic heterocycles. The van der Waals surface area contributed by atoms with Crippen LogP contribution in [-0.4, -0.2) is 22.2 Å². The maximum absolute atomic E-state index is 11.6. The van der Waals surface area contributed by atoms with Crippen molar-refractivity contribution in [1.29, 1.82) is 0 Å². The Labute approximate surface area is 121 Å². The van der Waals surface area contributed by atoms with E-state index in [0.717, 1.165) is 19.3 Å². The first-order chi connectivity index (χ1) is 9.17. The topological polar surface area (TPSA) is 74.6 Å². The highest BCUT2D eigenvalue weighted by Gasteiger charge is 2.45. The van der Waals surface area contributed by atoms with Crippen molar-refractivity contribution in [2.75, 3.05) is 0 Å². The summed E-state index contributed by atoms with van der Waals surface area (Å²) >= 11 is 0. The summed E-state index contributed by atoms with van der Waals surface area (Å²) in [4.78, 5) is 23.0. The molecule has 2 unspecified atom stereocenters. The molecule has 0 saturated heterocycles. The number of carbonyl (C=O) groups is 2. The lowest BCUT2D eigenvalue weighted by atomic mass is 9.59. The van der Waals surface area contributed by atoms with Crippen molar-refractivity contribution in [3.63, 3.8) is 0 Å². The molecule has 0 bridgehead atoms. The fourth-order valence-corrected chi connectivity index (χ4v) is 3.86. The van der Waals surface area contributed by atoms with Crippen LogP contribution < -0.4 is 0 Å². The maximum atomic E-state index is 11.6. The van der Waals surface area contributed by atoms with E-state index >= 15 is 0 Å². The zero-order chi connectivity index (χ0) is 15.6. The molecule has 2 N–H and O–H groups in total. The fourth-order valence-electron chi connectivity index (χ4n) is 3.86. The third kappa shape index (κ3) is 3.53. The first-order valence-electron chi connectivity index (χ1n) is 7.63. The highest BCUT2D eigenvalue weighted by Crippen LogP contribution is 2.50. The monoisotopic (exact) mass is 284 g/mol. The van der Waals surface area contributed by atoms with Crippen molar-refractivity contribution in [3.05, 3.63) is 0 Å². The van der Waals surface area contributed by atoms with Gasteiger partial charge in [-0.1, -0.05) is 34.1 Å². The number of carboxylic acid groups (broad SMARTS) is 2. The third-order valence-corrected chi connectivity index (χ3v) is 5.52. The molecule has 0 aromatic heterocycles. The molecule has 1 fully saturated rings. The Morgan fingerprint density at radius 1 is 1.05 bits per heavy atom. The molecular formula is C16H28O4. The first-order valence-corrected chi connectivity index (χ1v) is 7.63. The standard InChI is InChI=1S/C16H28O4/c1-5-15(3)9-11(13(17)18)7-8-12(14(19)20)16(4,6-2)10-15/h11-12H,5-10H2,1-4H3,(H,17,18)(H,19,20)/t11-,12?,15+,16?/m0/s1. The van der Waals surface area contributed by atoms with E-state index in [1.54, 1.807) is 0 Å². The molecule has 0 aromatic carbocycles. The molecule has 0 aromatic rings. The summed E-state index contributed by atoms with van der Waals surface area (Å²) in [5, 5.41) is 18.9. The summed E-state index contributed by atoms with van der Waals surface area (Å²) in [6.45, 7) is 8.29. The van der Waals surface area contributed by atoms with Crippen LogP contribution in [0.2, 0.25) is 0 Å². The van der Waals surface area contributed by atoms with Gasteiger partial charge in [0.25, 0.3) is 0 Å². The van der Waals surface area contributed by atoms with Crippen molar-refractivity contribution < 1.29 is 19.8 Å². The van der Waals surface area contributed by atoms with E-state index in [4.69, 9.17) is 0 Å². The normalized spacial score (nSPS) is 38.8. The summed E-state index contributed by atoms with van der Waals surface area (Å²) in [5.74, 6) is -2.42. The Morgan fingerprint density at radius 3 is 2.05 bits per heavy atom. The van der Waals surface area contributed by atoms with E-state index in [-0.39, 0.29) is 10.8 Å². The second kappa shape index (κ2) is 6.15. The Kier molecular flexibility index (Phi) is 5.22. The molecule has 1 aliphatic carbocycles. The zero-order valence-electron chi connectivity index (χ0n) is 13.1. The highest BCUT2D eigenvalue weighted by atomic mass is 16.4. The summed E-state index contributed by atoms with van der Waals surface area (Å²) in [5.41, 5.74) is -0.345. The Hall–Kier alpha value is -1.06. The molecule has 20 heavy (non-hydrogen) atoms. The molecule has 4 atom stereocenters. The zero-order valence-corrected chi connectivity index (χ0v) is 13.1. The molecule has 116 valence electrons. The van der Waals surface area contributed by atoms with Gasteiger partial charge in [-0.15, -0.1) is 0 Å². The van der Waals surface area contributed by atoms with Crippen molar-refractivity contribution in [1.82, 2.24) is 0 Å². The van der Waals surface area contributed by atoms with Gasteiger partial charge >= 0.3 is 11.9 Å². The van der Waals surface area contributed by atoms with Gasteiger partial charge in [0.15, 0.2) is 0 Å². The van der Waals surface area contributed by atoms with E-state index in [9.17, 15) is 19.8 Å². The highest BCUT2D eigenvalue weighted by molar-refractivity contribution is 5.72. The van der Waals surface area contributed by atoms with Gasteiger partial charge in [0.05, 0.1) is 11.8 Å². The van der Waals surface area contributed by atoms with Gasteiger partial charge in [0.1, 0.15) is 0 Å². The quantitative estimate of drug-likeness (QED) is 0.823. The molecule has 0 amide bonds. The van der Waals surface area contributed by atoms with Gasteiger partial charge in [-0.2, -0.15) is 0 Å². The minimum atomic E-state index is -0.783. The molecule has 1 aliphatic rings. The molecular weight excluding hydrogens is 256 g/mol. The molecule has 0 spiro atoms. The maximum Gasteiger partial charge on any atom is 0.307 e. The molecule has 1 rings (SSSR count). The number of hydrogen-bond donors (Lipinski definition) is 2. The van der Waals surface area contributed by atoms with Gasteiger partial charge in [-0.05, 0) is 42.9 Å². The SMILES string of the molecule is CCC1(C)C[C@](C)(CC)C[C@@H](C(=O)O)CCC1C(=O)O. The van der Waals surface area contributed by atoms with Crippen LogP contribution in [0.3, 0.4) is 0 Å². The third-order valence-electron chi connectivity index (χ3n) is 5.52. The van der Waals surface area contributed by atoms with E-state index in [1.807, 2.05) is 6.92 Å². The summed E-state index contributed by atoms with van der Waals surface area (Å²) in [6, 6.07) is 0. The van der Waals surface area contributed by atoms with Crippen LogP contribution in [0.1, 0.15) is 66.2 Å². The second-order valence-corrected chi connectivity index (χ2v) is 7.06. The van der Waals surface area contributed by atoms with Gasteiger partial charge < -0.3 is 10.2 Å². The lowest BCUT2D eigenvalue weighted by Gasteiger charge is -2.45. The van der Waals surface area contributed by atoms with Crippen LogP contribution in [0.4, 0.5) is 0 Å². The predicted molar refractivity (Wildman–Crippen MR) is 77.5 cm³/mol. The van der Waals surface area contributed by atoms with Gasteiger partial charge in [0.2, 0.25) is 0 Å². The smallest absolute Gasteiger partial charge is 0.307 e. The minimum Gasteiger partial charge on any atom is -0.481 e. The molecule has 4 nitrogen and oxygen atoms in total. The fraction of sp³-hybridized carbons (Fsp3) is 0.875. The van der Waals surface area contributed by atoms with Crippen molar-refractivity contribution in [2.45, 2.75) is 66.2 Å². The van der Waals surface area contributed by atoms with Crippen LogP contribution >= 0.6 is 0 Å². The van der Waals surface area contributed by atoms with Crippen LogP contribution in [0.15, 0.2) is 0 Å². The van der Waals surface area contributed by atoms with Crippen LogP contribution in [-0.2, 0) is 9.59 Å². The van der Waals surface area contributed by atoms with Crippen LogP contribution in [0, 0.1) is 22.7 Å². The molecule has 0 heterocycles. The van der Waals surface area contributed by atoms with Crippen molar-refractivity contribution in [3.8, 4) is 0 Å². The summed E-state index contributed by atoms with van der Waals surface area (Å²) in [6.07, 6.45) is 4.08. The number of hydrogen-bond acceptors (Lipinski definition) is 2. The van der Waals surface area contributed by atoms with Gasteiger partial charge in [-0.3, -0.25) is 9.59 Å². The number of aliphatic carboxylic acids is 2. The molecule has 0 radical (unpaired) electrons. The second-order valence-electron chi connectivity index (χ2n) is 7.06. The summed E-state index contributed by atoms with van der Waals surface area (Å²) in [7, 11) is 0. The number of carboxylic acids is 2. The average molecular weight is 284 g/mol. The molecule has 1 saturated carbocycles. The molecule has 4 heteroatoms. The lowest BCUT2D eigenvalue weighted by Crippen LogP contribution is -2.41. The van der Waals surface area contributed by atoms with E-state index < -0.39 is 23.8 Å². The number of rotatable bonds is 4. The van der Waals surface area contributed by atoms with Crippen molar-refractivity contribution in [2.24, 2.45) is 22.7 Å². The Morgan fingerprint density at radius 2 is 1.65 bits per heavy atom. The van der Waals surface area contributed by atoms with Crippen LogP contribution in [0.5, 0.6) is 0 Å². The van der Waals surface area contributed by atoms with E-state index in [0.29, 0.717) is 19.3 Å². The summed E-state index contributed by atoms with van der Waals surface area (Å²) < 4.78 is 0. The lowest BCUT2D eigenvalue weighted by molar-refractivity contribution is -0.152. The Balaban J connectivity index is 3.14. The first kappa shape index (κ1) is 17.0. The minimum absolute atomic E-state index is 0.0953. The largest absolute Gasteiger partial charge is 0.481 e. The van der Waals surface area contributed by atoms with Gasteiger partial charge in [0, 0.05) is 0 Å². The van der Waals surface area contributed by atoms with Crippen LogP contribution in [0.25, 0.3) is 0 Å². The van der Waals surface area contributed by atoms with E-state index in [2.05, 4.69) is 20.8 Å².